The standard InChI is InChI=1S/2C19H16.C3H8.22C2H6/c2*1-4-10-16(11-5-1)19(17-12-6-2-7-13-17)18-14-8-3-9-15-18;1-3-2;22*1-2/h2*1-15,19H;3H2,1-2H3;22*1-2H3. The SMILES string of the molecule is CC.CC.CC.CC.CC.CC.CC.CC.CC.CC.CC.CC.CC.CC.CC.CC.CC.CC.CC.CC.CC.CC.CCC.c1ccc(C(c2ccccc2)c2ccccc2)cc1.c1ccc(C(c2ccccc2)c2ccccc2)cc1. The minimum absolute atomic E-state index is 0.309. The van der Waals surface area contributed by atoms with Gasteiger partial charge in [-0.25, -0.2) is 0 Å². The van der Waals surface area contributed by atoms with E-state index >= 15 is 0 Å². The molecule has 0 amide bonds. The number of rotatable bonds is 6. The second-order valence-corrected chi connectivity index (χ2v) is 10.0. The van der Waals surface area contributed by atoms with Crippen molar-refractivity contribution in [2.24, 2.45) is 0 Å². The highest BCUT2D eigenvalue weighted by atomic mass is 14.2. The van der Waals surface area contributed by atoms with Gasteiger partial charge < -0.3 is 0 Å². The molecule has 0 saturated heterocycles. The van der Waals surface area contributed by atoms with Crippen LogP contribution in [0.4, 0.5) is 0 Å². The third-order valence-electron chi connectivity index (χ3n) is 6.80. The van der Waals surface area contributed by atoms with Crippen LogP contribution in [0.2, 0.25) is 0 Å². The molecular weight excluding hydrogens is 1020 g/mol. The molecule has 0 N–H and O–H groups in total. The molecule has 85 heavy (non-hydrogen) atoms. The minimum Gasteiger partial charge on any atom is -0.0683 e. The zero-order chi connectivity index (χ0) is 72.5. The molecule has 6 aromatic rings. The molecule has 0 aliphatic rings. The Hall–Kier alpha value is -4.68. The van der Waals surface area contributed by atoms with Gasteiger partial charge >= 0.3 is 0 Å². The fraction of sp³-hybridized carbons (Fsp3) is 0.576. The van der Waals surface area contributed by atoms with E-state index in [1.165, 1.54) is 39.8 Å². The Bertz CT molecular complexity index is 1170. The van der Waals surface area contributed by atoms with Crippen LogP contribution in [0.15, 0.2) is 182 Å². The van der Waals surface area contributed by atoms with Crippen LogP contribution in [0.5, 0.6) is 0 Å². The largest absolute Gasteiger partial charge is 0.0683 e. The van der Waals surface area contributed by atoms with Crippen LogP contribution >= 0.6 is 0 Å². The van der Waals surface area contributed by atoms with Crippen LogP contribution in [0.25, 0.3) is 0 Å². The molecule has 0 heteroatoms. The summed E-state index contributed by atoms with van der Waals surface area (Å²) in [6, 6.07) is 64.0. The fourth-order valence-electron chi connectivity index (χ4n) is 5.03. The van der Waals surface area contributed by atoms with Gasteiger partial charge in [0.25, 0.3) is 0 Å². The summed E-state index contributed by atoms with van der Waals surface area (Å²) < 4.78 is 0. The van der Waals surface area contributed by atoms with Crippen molar-refractivity contribution in [3.63, 3.8) is 0 Å². The summed E-state index contributed by atoms with van der Waals surface area (Å²) >= 11 is 0. The van der Waals surface area contributed by atoms with Crippen molar-refractivity contribution in [3.8, 4) is 0 Å². The Morgan fingerprint density at radius 3 is 0.259 bits per heavy atom. The predicted octanol–water partition coefficient (Wildman–Crippen LogP) is 33.7. The van der Waals surface area contributed by atoms with Gasteiger partial charge in [0.05, 0.1) is 0 Å². The molecule has 0 nitrogen and oxygen atoms in total. The first-order valence-electron chi connectivity index (χ1n) is 36.6. The minimum atomic E-state index is 0.309. The lowest BCUT2D eigenvalue weighted by Crippen LogP contribution is -2.02. The van der Waals surface area contributed by atoms with E-state index in [0.29, 0.717) is 11.8 Å². The van der Waals surface area contributed by atoms with Gasteiger partial charge in [-0.3, -0.25) is 0 Å². The highest BCUT2D eigenvalue weighted by molar-refractivity contribution is 5.44. The maximum absolute atomic E-state index is 2.20. The van der Waals surface area contributed by atoms with Gasteiger partial charge in [-0.15, -0.1) is 0 Å². The third kappa shape index (κ3) is 105. The molecule has 6 aromatic carbocycles. The fourth-order valence-corrected chi connectivity index (χ4v) is 5.03. The molecule has 0 aliphatic heterocycles. The van der Waals surface area contributed by atoms with Crippen molar-refractivity contribution in [3.05, 3.63) is 215 Å². The van der Waals surface area contributed by atoms with Crippen LogP contribution in [-0.2, 0) is 0 Å². The highest BCUT2D eigenvalue weighted by Crippen LogP contribution is 2.32. The summed E-state index contributed by atoms with van der Waals surface area (Å²) in [6.45, 7) is 92.2. The Morgan fingerprint density at radius 1 is 0.141 bits per heavy atom. The zero-order valence-corrected chi connectivity index (χ0v) is 68.2. The molecule has 0 atom stereocenters. The summed E-state index contributed by atoms with van der Waals surface area (Å²) in [5, 5.41) is 0. The van der Waals surface area contributed by atoms with Crippen LogP contribution in [0.1, 0.15) is 370 Å². The molecule has 0 bridgehead atoms. The highest BCUT2D eigenvalue weighted by Gasteiger charge is 2.16. The van der Waals surface area contributed by atoms with Gasteiger partial charge in [-0.05, 0) is 33.4 Å². The second kappa shape index (κ2) is 192. The summed E-state index contributed by atoms with van der Waals surface area (Å²) in [5.41, 5.74) is 8.00. The molecule has 0 spiro atoms. The molecular formula is C85H172. The van der Waals surface area contributed by atoms with E-state index in [4.69, 9.17) is 0 Å². The molecule has 0 saturated carbocycles. The van der Waals surface area contributed by atoms with E-state index in [2.05, 4.69) is 196 Å². The predicted molar refractivity (Wildman–Crippen MR) is 426 cm³/mol. The average Bonchev–Trinajstić information content (AvgIpc) is 3.68. The van der Waals surface area contributed by atoms with E-state index < -0.39 is 0 Å². The molecule has 6 rings (SSSR count). The van der Waals surface area contributed by atoms with Crippen molar-refractivity contribution in [2.75, 3.05) is 0 Å². The molecule has 0 radical (unpaired) electrons. The first-order chi connectivity index (χ1) is 42.3. The van der Waals surface area contributed by atoms with Crippen molar-refractivity contribution >= 4 is 0 Å². The van der Waals surface area contributed by atoms with E-state index in [1.807, 2.05) is 305 Å². The van der Waals surface area contributed by atoms with E-state index in [1.54, 1.807) is 0 Å². The second-order valence-electron chi connectivity index (χ2n) is 10.0. The normalized spacial score (nSPS) is 6.49. The molecule has 0 aliphatic carbocycles. The van der Waals surface area contributed by atoms with Gasteiger partial charge in [-0.1, -0.05) is 507 Å². The van der Waals surface area contributed by atoms with E-state index in [9.17, 15) is 0 Å². The Kier molecular flexibility index (Phi) is 304. The lowest BCUT2D eigenvalue weighted by atomic mass is 9.85. The summed E-state index contributed by atoms with van der Waals surface area (Å²) in [6.07, 6.45) is 1.25. The maximum atomic E-state index is 2.20. The smallest absolute Gasteiger partial charge is 0.0339 e. The monoisotopic (exact) mass is 1190 g/mol. The quantitative estimate of drug-likeness (QED) is 0.146. The summed E-state index contributed by atoms with van der Waals surface area (Å²) in [4.78, 5) is 0. The lowest BCUT2D eigenvalue weighted by molar-refractivity contribution is 0.977. The van der Waals surface area contributed by atoms with Crippen molar-refractivity contribution in [2.45, 2.75) is 337 Å². The Labute approximate surface area is 549 Å². The van der Waals surface area contributed by atoms with Gasteiger partial charge in [0.2, 0.25) is 0 Å². The molecule has 512 valence electrons. The average molecular weight is 1190 g/mol. The number of benzene rings is 6. The van der Waals surface area contributed by atoms with Crippen molar-refractivity contribution in [1.29, 1.82) is 0 Å². The first-order valence-corrected chi connectivity index (χ1v) is 36.6. The van der Waals surface area contributed by atoms with E-state index in [0.717, 1.165) is 0 Å². The Morgan fingerprint density at radius 2 is 0.200 bits per heavy atom. The molecule has 0 unspecified atom stereocenters. The van der Waals surface area contributed by atoms with Gasteiger partial charge in [0.15, 0.2) is 0 Å². The van der Waals surface area contributed by atoms with Crippen molar-refractivity contribution < 1.29 is 0 Å². The first kappa shape index (κ1) is 134. The number of hydrogen-bond acceptors (Lipinski definition) is 0. The van der Waals surface area contributed by atoms with Gasteiger partial charge in [-0.2, -0.15) is 0 Å². The zero-order valence-electron chi connectivity index (χ0n) is 68.2. The summed E-state index contributed by atoms with van der Waals surface area (Å²) in [7, 11) is 0. The van der Waals surface area contributed by atoms with Gasteiger partial charge in [0.1, 0.15) is 0 Å². The maximum Gasteiger partial charge on any atom is 0.0339 e. The van der Waals surface area contributed by atoms with Crippen molar-refractivity contribution in [1.82, 2.24) is 0 Å². The van der Waals surface area contributed by atoms with E-state index in [-0.39, 0.29) is 0 Å². The van der Waals surface area contributed by atoms with Crippen LogP contribution in [-0.4, -0.2) is 0 Å². The molecule has 0 heterocycles. The van der Waals surface area contributed by atoms with Gasteiger partial charge in [0, 0.05) is 11.8 Å². The third-order valence-corrected chi connectivity index (χ3v) is 6.80. The topological polar surface area (TPSA) is 0 Å². The summed E-state index contributed by atoms with van der Waals surface area (Å²) in [5.74, 6) is 0.618. The van der Waals surface area contributed by atoms with Crippen LogP contribution in [0.3, 0.4) is 0 Å². The van der Waals surface area contributed by atoms with Crippen LogP contribution in [0, 0.1) is 0 Å². The molecule has 0 fully saturated rings. The molecule has 0 aromatic heterocycles. The van der Waals surface area contributed by atoms with Crippen LogP contribution < -0.4 is 0 Å². The number of hydrogen-bond donors (Lipinski definition) is 0. The lowest BCUT2D eigenvalue weighted by Gasteiger charge is -2.18. The Balaban J connectivity index is -0.0000000359.